The zero-order valence-corrected chi connectivity index (χ0v) is 16.0. The van der Waals surface area contributed by atoms with Crippen molar-refractivity contribution in [1.82, 2.24) is 5.32 Å². The molecule has 0 amide bonds. The second kappa shape index (κ2) is 19.3. The standard InChI is InChI=1S/C21H42N2/c1-3-5-6-7-8-9-10-11-12-13-14-15-16-17-18-19-21(4-2)23-20-22/h21,23H,3-19H2,1-2H3. The van der Waals surface area contributed by atoms with E-state index in [0.29, 0.717) is 6.04 Å². The Kier molecular flexibility index (Phi) is 18.7. The van der Waals surface area contributed by atoms with E-state index in [1.54, 1.807) is 0 Å². The third-order valence-electron chi connectivity index (χ3n) is 4.92. The van der Waals surface area contributed by atoms with Crippen molar-refractivity contribution in [3.8, 4) is 6.19 Å². The predicted molar refractivity (Wildman–Crippen MR) is 102 cm³/mol. The van der Waals surface area contributed by atoms with Crippen molar-refractivity contribution in [2.75, 3.05) is 0 Å². The highest BCUT2D eigenvalue weighted by Crippen LogP contribution is 2.14. The number of rotatable bonds is 18. The summed E-state index contributed by atoms with van der Waals surface area (Å²) in [6, 6.07) is 0.405. The average molecular weight is 323 g/mol. The van der Waals surface area contributed by atoms with E-state index in [-0.39, 0.29) is 0 Å². The first kappa shape index (κ1) is 22.3. The average Bonchev–Trinajstić information content (AvgIpc) is 2.57. The summed E-state index contributed by atoms with van der Waals surface area (Å²) in [7, 11) is 0. The Hall–Kier alpha value is -0.710. The lowest BCUT2D eigenvalue weighted by molar-refractivity contribution is 0.483. The van der Waals surface area contributed by atoms with Gasteiger partial charge in [-0.3, -0.25) is 0 Å². The van der Waals surface area contributed by atoms with E-state index in [1.807, 2.05) is 0 Å². The maximum Gasteiger partial charge on any atom is 0.176 e. The minimum atomic E-state index is 0.405. The molecule has 23 heavy (non-hydrogen) atoms. The maximum atomic E-state index is 8.63. The van der Waals surface area contributed by atoms with Crippen LogP contribution >= 0.6 is 0 Å². The van der Waals surface area contributed by atoms with Crippen molar-refractivity contribution in [1.29, 1.82) is 5.26 Å². The number of hydrogen-bond donors (Lipinski definition) is 1. The smallest absolute Gasteiger partial charge is 0.176 e. The third-order valence-corrected chi connectivity index (χ3v) is 4.92. The van der Waals surface area contributed by atoms with Crippen LogP contribution in [0.25, 0.3) is 0 Å². The predicted octanol–water partition coefficient (Wildman–Crippen LogP) is 7.10. The second-order valence-corrected chi connectivity index (χ2v) is 7.10. The van der Waals surface area contributed by atoms with E-state index in [4.69, 9.17) is 5.26 Å². The van der Waals surface area contributed by atoms with Crippen LogP contribution in [0.4, 0.5) is 0 Å². The van der Waals surface area contributed by atoms with Gasteiger partial charge in [-0.25, -0.2) is 0 Å². The van der Waals surface area contributed by atoms with Gasteiger partial charge in [-0.2, -0.15) is 5.26 Å². The summed E-state index contributed by atoms with van der Waals surface area (Å²) in [5.41, 5.74) is 0. The molecule has 0 aromatic rings. The number of nitrogens with one attached hydrogen (secondary N) is 1. The monoisotopic (exact) mass is 322 g/mol. The molecular formula is C21H42N2. The quantitative estimate of drug-likeness (QED) is 0.166. The molecule has 136 valence electrons. The van der Waals surface area contributed by atoms with Gasteiger partial charge in [-0.15, -0.1) is 0 Å². The molecule has 0 rings (SSSR count). The first-order valence-electron chi connectivity index (χ1n) is 10.5. The fourth-order valence-electron chi connectivity index (χ4n) is 3.23. The summed E-state index contributed by atoms with van der Waals surface area (Å²) >= 11 is 0. The fourth-order valence-corrected chi connectivity index (χ4v) is 3.23. The summed E-state index contributed by atoms with van der Waals surface area (Å²) in [5, 5.41) is 11.5. The first-order valence-corrected chi connectivity index (χ1v) is 10.5. The van der Waals surface area contributed by atoms with Crippen LogP contribution in [0.2, 0.25) is 0 Å². The normalized spacial score (nSPS) is 12.0. The molecule has 1 N–H and O–H groups in total. The van der Waals surface area contributed by atoms with E-state index in [9.17, 15) is 0 Å². The SMILES string of the molecule is CCCCCCCCCCCCCCCCCC(CC)NC#N. The Morgan fingerprint density at radius 3 is 1.39 bits per heavy atom. The molecule has 0 radical (unpaired) electrons. The van der Waals surface area contributed by atoms with Gasteiger partial charge in [0.05, 0.1) is 0 Å². The fraction of sp³-hybridized carbons (Fsp3) is 0.952. The zero-order chi connectivity index (χ0) is 17.0. The number of nitrogens with zero attached hydrogens (tertiary/aromatic N) is 1. The summed E-state index contributed by atoms with van der Waals surface area (Å²) < 4.78 is 0. The van der Waals surface area contributed by atoms with Crippen LogP contribution in [0.5, 0.6) is 0 Å². The number of nitriles is 1. The largest absolute Gasteiger partial charge is 0.321 e. The summed E-state index contributed by atoms with van der Waals surface area (Å²) in [4.78, 5) is 0. The second-order valence-electron chi connectivity index (χ2n) is 7.10. The van der Waals surface area contributed by atoms with Gasteiger partial charge in [-0.1, -0.05) is 110 Å². The van der Waals surface area contributed by atoms with E-state index in [1.165, 1.54) is 96.3 Å². The van der Waals surface area contributed by atoms with Crippen LogP contribution in [0.1, 0.15) is 123 Å². The first-order chi connectivity index (χ1) is 11.3. The molecule has 0 fully saturated rings. The summed E-state index contributed by atoms with van der Waals surface area (Å²) in [6.45, 7) is 4.44. The lowest BCUT2D eigenvalue weighted by atomic mass is 10.0. The molecule has 1 unspecified atom stereocenters. The van der Waals surface area contributed by atoms with Crippen LogP contribution < -0.4 is 5.32 Å². The van der Waals surface area contributed by atoms with Gasteiger partial charge in [0.25, 0.3) is 0 Å². The molecule has 0 aliphatic carbocycles. The Morgan fingerprint density at radius 1 is 0.652 bits per heavy atom. The molecule has 0 aliphatic rings. The highest BCUT2D eigenvalue weighted by Gasteiger charge is 2.03. The minimum Gasteiger partial charge on any atom is -0.321 e. The summed E-state index contributed by atoms with van der Waals surface area (Å²) in [6.07, 6.45) is 25.5. The molecule has 0 bridgehead atoms. The topological polar surface area (TPSA) is 35.8 Å². The third kappa shape index (κ3) is 17.5. The van der Waals surface area contributed by atoms with Crippen molar-refractivity contribution in [3.05, 3.63) is 0 Å². The van der Waals surface area contributed by atoms with Gasteiger partial charge in [-0.05, 0) is 12.8 Å². The van der Waals surface area contributed by atoms with E-state index in [0.717, 1.165) is 12.8 Å². The summed E-state index contributed by atoms with van der Waals surface area (Å²) in [5.74, 6) is 0. The molecule has 0 aromatic heterocycles. The zero-order valence-electron chi connectivity index (χ0n) is 16.0. The van der Waals surface area contributed by atoms with Gasteiger partial charge in [0.2, 0.25) is 0 Å². The highest BCUT2D eigenvalue weighted by atomic mass is 14.9. The Bertz CT molecular complexity index is 257. The van der Waals surface area contributed by atoms with E-state index < -0.39 is 0 Å². The minimum absolute atomic E-state index is 0.405. The number of unbranched alkanes of at least 4 members (excludes halogenated alkanes) is 14. The Balaban J connectivity index is 3.09. The molecule has 0 saturated carbocycles. The van der Waals surface area contributed by atoms with Crippen molar-refractivity contribution < 1.29 is 0 Å². The van der Waals surface area contributed by atoms with Crippen molar-refractivity contribution >= 4 is 0 Å². The Labute approximate surface area is 146 Å². The van der Waals surface area contributed by atoms with Crippen LogP contribution in [-0.4, -0.2) is 6.04 Å². The molecule has 0 heterocycles. The van der Waals surface area contributed by atoms with Crippen LogP contribution in [0.3, 0.4) is 0 Å². The molecule has 1 atom stereocenters. The molecule has 0 aliphatic heterocycles. The van der Waals surface area contributed by atoms with Crippen LogP contribution in [-0.2, 0) is 0 Å². The Morgan fingerprint density at radius 2 is 1.04 bits per heavy atom. The lowest BCUT2D eigenvalue weighted by Crippen LogP contribution is -2.23. The number of hydrogen-bond acceptors (Lipinski definition) is 2. The van der Waals surface area contributed by atoms with Crippen LogP contribution in [0, 0.1) is 11.5 Å². The molecular weight excluding hydrogens is 280 g/mol. The molecule has 2 heteroatoms. The van der Waals surface area contributed by atoms with Crippen molar-refractivity contribution in [2.45, 2.75) is 129 Å². The maximum absolute atomic E-state index is 8.63. The van der Waals surface area contributed by atoms with Gasteiger partial charge in [0.1, 0.15) is 0 Å². The molecule has 0 aromatic carbocycles. The molecule has 0 saturated heterocycles. The van der Waals surface area contributed by atoms with Crippen molar-refractivity contribution in [2.24, 2.45) is 0 Å². The van der Waals surface area contributed by atoms with Gasteiger partial charge < -0.3 is 5.32 Å². The van der Waals surface area contributed by atoms with E-state index >= 15 is 0 Å². The van der Waals surface area contributed by atoms with Gasteiger partial charge in [0, 0.05) is 6.04 Å². The lowest BCUT2D eigenvalue weighted by Gasteiger charge is -2.11. The highest BCUT2D eigenvalue weighted by molar-refractivity contribution is 4.74. The van der Waals surface area contributed by atoms with Crippen LogP contribution in [0.15, 0.2) is 0 Å². The van der Waals surface area contributed by atoms with Gasteiger partial charge in [0.15, 0.2) is 6.19 Å². The molecule has 0 spiro atoms. The van der Waals surface area contributed by atoms with Crippen molar-refractivity contribution in [3.63, 3.8) is 0 Å². The molecule has 2 nitrogen and oxygen atoms in total. The van der Waals surface area contributed by atoms with E-state index in [2.05, 4.69) is 25.4 Å². The van der Waals surface area contributed by atoms with Gasteiger partial charge >= 0.3 is 0 Å².